The average molecular weight is 397 g/mol. The summed E-state index contributed by atoms with van der Waals surface area (Å²) in [6.45, 7) is 3.86. The van der Waals surface area contributed by atoms with Crippen LogP contribution >= 0.6 is 34.7 Å². The van der Waals surface area contributed by atoms with Gasteiger partial charge in [-0.25, -0.2) is 0 Å². The van der Waals surface area contributed by atoms with E-state index in [-0.39, 0.29) is 5.91 Å². The Balaban J connectivity index is 1.51. The van der Waals surface area contributed by atoms with Gasteiger partial charge in [-0.15, -0.1) is 10.2 Å². The van der Waals surface area contributed by atoms with Crippen LogP contribution in [0.3, 0.4) is 0 Å². The summed E-state index contributed by atoms with van der Waals surface area (Å²) in [7, 11) is 0. The molecule has 1 amide bonds. The third kappa shape index (κ3) is 5.87. The maximum atomic E-state index is 12.4. The first-order valence-electron chi connectivity index (χ1n) is 8.40. The molecule has 3 rings (SSSR count). The van der Waals surface area contributed by atoms with Crippen LogP contribution in [0.15, 0.2) is 28.6 Å². The highest BCUT2D eigenvalue weighted by atomic mass is 35.5. The van der Waals surface area contributed by atoms with Gasteiger partial charge in [0.1, 0.15) is 0 Å². The summed E-state index contributed by atoms with van der Waals surface area (Å²) in [5.41, 5.74) is 0.870. The summed E-state index contributed by atoms with van der Waals surface area (Å²) in [6.07, 6.45) is 3.51. The van der Waals surface area contributed by atoms with Gasteiger partial charge in [-0.1, -0.05) is 47.7 Å². The molecule has 25 heavy (non-hydrogen) atoms. The normalized spacial score (nSPS) is 13.7. The first-order valence-corrected chi connectivity index (χ1v) is 10.6. The number of halogens is 1. The Morgan fingerprint density at radius 1 is 1.44 bits per heavy atom. The van der Waals surface area contributed by atoms with E-state index in [2.05, 4.69) is 22.4 Å². The van der Waals surface area contributed by atoms with Crippen LogP contribution in [0.25, 0.3) is 0 Å². The van der Waals surface area contributed by atoms with Crippen molar-refractivity contribution in [3.8, 4) is 0 Å². The van der Waals surface area contributed by atoms with Crippen molar-refractivity contribution in [2.24, 2.45) is 5.92 Å². The summed E-state index contributed by atoms with van der Waals surface area (Å²) < 4.78 is 0.792. The molecule has 0 unspecified atom stereocenters. The molecule has 0 atom stereocenters. The number of aromatic nitrogens is 2. The Labute approximate surface area is 161 Å². The van der Waals surface area contributed by atoms with Crippen molar-refractivity contribution < 1.29 is 4.79 Å². The van der Waals surface area contributed by atoms with Gasteiger partial charge >= 0.3 is 0 Å². The van der Waals surface area contributed by atoms with Gasteiger partial charge in [0.15, 0.2) is 4.34 Å². The molecule has 0 aliphatic heterocycles. The largest absolute Gasteiger partial charge is 0.342 e. The molecule has 8 heteroatoms. The van der Waals surface area contributed by atoms with Crippen LogP contribution in [0, 0.1) is 5.92 Å². The Hall–Kier alpha value is -1.31. The standard InChI is InChI=1S/C17H21ClN4OS2/c1-2-8-22(10-12-6-7-12)15(23)11-24-17-21-20-16(25-17)19-14-5-3-4-13(18)9-14/h3-5,9,12H,2,6-8,10-11H2,1H3,(H,19,20). The zero-order chi connectivity index (χ0) is 17.6. The van der Waals surface area contributed by atoms with Crippen LogP contribution in [0.1, 0.15) is 26.2 Å². The van der Waals surface area contributed by atoms with E-state index in [9.17, 15) is 4.79 Å². The van der Waals surface area contributed by atoms with Crippen LogP contribution in [0.2, 0.25) is 5.02 Å². The van der Waals surface area contributed by atoms with Crippen LogP contribution in [0.4, 0.5) is 10.8 Å². The van der Waals surface area contributed by atoms with Gasteiger partial charge in [-0.3, -0.25) is 4.79 Å². The minimum atomic E-state index is 0.193. The van der Waals surface area contributed by atoms with Gasteiger partial charge in [-0.05, 0) is 43.4 Å². The number of amides is 1. The van der Waals surface area contributed by atoms with Crippen molar-refractivity contribution >= 4 is 51.4 Å². The first-order chi connectivity index (χ1) is 12.1. The Morgan fingerprint density at radius 3 is 3.00 bits per heavy atom. The highest BCUT2D eigenvalue weighted by Gasteiger charge is 2.26. The van der Waals surface area contributed by atoms with E-state index in [4.69, 9.17) is 11.6 Å². The van der Waals surface area contributed by atoms with Crippen LogP contribution in [-0.2, 0) is 4.79 Å². The molecule has 0 saturated heterocycles. The highest BCUT2D eigenvalue weighted by Crippen LogP contribution is 2.31. The van der Waals surface area contributed by atoms with E-state index in [1.165, 1.54) is 35.9 Å². The van der Waals surface area contributed by atoms with Crippen LogP contribution in [0.5, 0.6) is 0 Å². The van der Waals surface area contributed by atoms with Crippen molar-refractivity contribution in [3.05, 3.63) is 29.3 Å². The number of anilines is 2. The predicted octanol–water partition coefficient (Wildman–Crippen LogP) is 4.68. The molecule has 1 aliphatic carbocycles. The van der Waals surface area contributed by atoms with E-state index in [1.54, 1.807) is 0 Å². The molecule has 1 aromatic carbocycles. The van der Waals surface area contributed by atoms with E-state index in [1.807, 2.05) is 29.2 Å². The Bertz CT molecular complexity index is 720. The second-order valence-corrected chi connectivity index (χ2v) is 8.72. The lowest BCUT2D eigenvalue weighted by Gasteiger charge is -2.21. The van der Waals surface area contributed by atoms with Gasteiger partial charge in [0.25, 0.3) is 0 Å². The van der Waals surface area contributed by atoms with Crippen molar-refractivity contribution in [2.75, 3.05) is 24.2 Å². The summed E-state index contributed by atoms with van der Waals surface area (Å²) in [5.74, 6) is 1.33. The second-order valence-electron chi connectivity index (χ2n) is 6.08. The van der Waals surface area contributed by atoms with Crippen LogP contribution < -0.4 is 5.32 Å². The fraction of sp³-hybridized carbons (Fsp3) is 0.471. The van der Waals surface area contributed by atoms with Crippen molar-refractivity contribution in [2.45, 2.75) is 30.5 Å². The maximum Gasteiger partial charge on any atom is 0.233 e. The van der Waals surface area contributed by atoms with E-state index >= 15 is 0 Å². The number of hydrogen-bond donors (Lipinski definition) is 1. The smallest absolute Gasteiger partial charge is 0.233 e. The molecule has 1 fully saturated rings. The first kappa shape index (κ1) is 18.5. The molecule has 134 valence electrons. The number of nitrogens with zero attached hydrogens (tertiary/aromatic N) is 3. The molecule has 1 saturated carbocycles. The van der Waals surface area contributed by atoms with Gasteiger partial charge < -0.3 is 10.2 Å². The van der Waals surface area contributed by atoms with Crippen molar-refractivity contribution in [1.29, 1.82) is 0 Å². The molecule has 2 aromatic rings. The van der Waals surface area contributed by atoms with E-state index < -0.39 is 0 Å². The Morgan fingerprint density at radius 2 is 2.28 bits per heavy atom. The number of benzene rings is 1. The monoisotopic (exact) mass is 396 g/mol. The summed E-state index contributed by atoms with van der Waals surface area (Å²) in [4.78, 5) is 14.4. The van der Waals surface area contributed by atoms with Crippen LogP contribution in [-0.4, -0.2) is 39.8 Å². The average Bonchev–Trinajstić information content (AvgIpc) is 3.30. The SMILES string of the molecule is CCCN(CC1CC1)C(=O)CSc1nnc(Nc2cccc(Cl)c2)s1. The van der Waals surface area contributed by atoms with Gasteiger partial charge in [0.05, 0.1) is 5.75 Å². The number of hydrogen-bond acceptors (Lipinski definition) is 6. The molecule has 5 nitrogen and oxygen atoms in total. The van der Waals surface area contributed by atoms with E-state index in [0.29, 0.717) is 15.9 Å². The maximum absolute atomic E-state index is 12.4. The van der Waals surface area contributed by atoms with E-state index in [0.717, 1.165) is 35.5 Å². The molecular weight excluding hydrogens is 376 g/mol. The Kier molecular flexibility index (Phi) is 6.56. The number of nitrogens with one attached hydrogen (secondary N) is 1. The highest BCUT2D eigenvalue weighted by molar-refractivity contribution is 8.01. The third-order valence-corrected chi connectivity index (χ3v) is 6.02. The minimum absolute atomic E-state index is 0.193. The molecule has 1 aromatic heterocycles. The summed E-state index contributed by atoms with van der Waals surface area (Å²) >= 11 is 8.87. The molecular formula is C17H21ClN4OS2. The fourth-order valence-corrected chi connectivity index (χ4v) is 4.29. The van der Waals surface area contributed by atoms with Crippen molar-refractivity contribution in [1.82, 2.24) is 15.1 Å². The minimum Gasteiger partial charge on any atom is -0.342 e. The lowest BCUT2D eigenvalue weighted by molar-refractivity contribution is -0.128. The quantitative estimate of drug-likeness (QED) is 0.624. The molecule has 1 aliphatic rings. The molecule has 1 N–H and O–H groups in total. The summed E-state index contributed by atoms with van der Waals surface area (Å²) in [6, 6.07) is 7.45. The van der Waals surface area contributed by atoms with Gasteiger partial charge in [-0.2, -0.15) is 0 Å². The van der Waals surface area contributed by atoms with Gasteiger partial charge in [0, 0.05) is 23.8 Å². The molecule has 0 bridgehead atoms. The van der Waals surface area contributed by atoms with Gasteiger partial charge in [0.2, 0.25) is 11.0 Å². The lowest BCUT2D eigenvalue weighted by atomic mass is 10.3. The molecule has 0 radical (unpaired) electrons. The molecule has 0 spiro atoms. The zero-order valence-electron chi connectivity index (χ0n) is 14.1. The fourth-order valence-electron chi connectivity index (χ4n) is 2.42. The number of carbonyl (C=O) groups is 1. The lowest BCUT2D eigenvalue weighted by Crippen LogP contribution is -2.34. The number of thioether (sulfide) groups is 1. The summed E-state index contributed by atoms with van der Waals surface area (Å²) in [5, 5.41) is 12.8. The second kappa shape index (κ2) is 8.87. The number of rotatable bonds is 9. The topological polar surface area (TPSA) is 58.1 Å². The zero-order valence-corrected chi connectivity index (χ0v) is 16.5. The number of carbonyl (C=O) groups excluding carboxylic acids is 1. The molecule has 1 heterocycles. The predicted molar refractivity (Wildman–Crippen MR) is 105 cm³/mol. The third-order valence-electron chi connectivity index (χ3n) is 3.82. The van der Waals surface area contributed by atoms with Crippen molar-refractivity contribution in [3.63, 3.8) is 0 Å².